The van der Waals surface area contributed by atoms with Crippen LogP contribution in [-0.2, 0) is 6.54 Å². The molecule has 1 aliphatic rings. The van der Waals surface area contributed by atoms with Gasteiger partial charge in [0.05, 0.1) is 0 Å². The molecule has 0 aliphatic carbocycles. The van der Waals surface area contributed by atoms with E-state index in [9.17, 15) is 0 Å². The third kappa shape index (κ3) is 3.01. The number of hydrogen-bond acceptors (Lipinski definition) is 2. The molecule has 94 valence electrons. The Morgan fingerprint density at radius 3 is 2.71 bits per heavy atom. The highest BCUT2D eigenvalue weighted by Gasteiger charge is 2.29. The second-order valence-electron chi connectivity index (χ2n) is 5.74. The molecule has 1 aromatic rings. The molecular weight excluding hydrogens is 208 g/mol. The van der Waals surface area contributed by atoms with Crippen molar-refractivity contribution >= 4 is 5.69 Å². The Hall–Kier alpha value is -1.02. The van der Waals surface area contributed by atoms with Crippen molar-refractivity contribution in [3.8, 4) is 0 Å². The van der Waals surface area contributed by atoms with Crippen LogP contribution in [0.15, 0.2) is 24.3 Å². The van der Waals surface area contributed by atoms with Gasteiger partial charge in [-0.1, -0.05) is 39.0 Å². The van der Waals surface area contributed by atoms with Gasteiger partial charge in [-0.05, 0) is 30.0 Å². The predicted molar refractivity (Wildman–Crippen MR) is 74.4 cm³/mol. The van der Waals surface area contributed by atoms with Crippen LogP contribution in [0.4, 0.5) is 5.69 Å². The number of rotatable bonds is 4. The monoisotopic (exact) mass is 232 g/mol. The van der Waals surface area contributed by atoms with Crippen LogP contribution >= 0.6 is 0 Å². The van der Waals surface area contributed by atoms with Gasteiger partial charge in [-0.15, -0.1) is 0 Å². The molecule has 1 aromatic carbocycles. The van der Waals surface area contributed by atoms with Crippen LogP contribution in [0, 0.1) is 5.41 Å². The molecule has 0 bridgehead atoms. The number of nitrogens with zero attached hydrogens (tertiary/aromatic N) is 1. The number of benzene rings is 1. The van der Waals surface area contributed by atoms with E-state index in [2.05, 4.69) is 55.3 Å². The van der Waals surface area contributed by atoms with Gasteiger partial charge in [-0.3, -0.25) is 0 Å². The first-order valence-corrected chi connectivity index (χ1v) is 6.66. The van der Waals surface area contributed by atoms with Crippen LogP contribution in [0.25, 0.3) is 0 Å². The van der Waals surface area contributed by atoms with E-state index in [0.29, 0.717) is 5.41 Å². The zero-order valence-corrected chi connectivity index (χ0v) is 11.3. The first-order valence-electron chi connectivity index (χ1n) is 6.66. The van der Waals surface area contributed by atoms with Gasteiger partial charge in [0.1, 0.15) is 0 Å². The van der Waals surface area contributed by atoms with Gasteiger partial charge in [0.15, 0.2) is 0 Å². The fourth-order valence-electron chi connectivity index (χ4n) is 2.55. The van der Waals surface area contributed by atoms with Gasteiger partial charge < -0.3 is 10.2 Å². The Bertz CT molecular complexity index is 371. The van der Waals surface area contributed by atoms with Gasteiger partial charge in [-0.25, -0.2) is 0 Å². The summed E-state index contributed by atoms with van der Waals surface area (Å²) in [6, 6.07) is 8.78. The number of hydrogen-bond donors (Lipinski definition) is 1. The fraction of sp³-hybridized carbons (Fsp3) is 0.600. The van der Waals surface area contributed by atoms with Crippen LogP contribution in [-0.4, -0.2) is 19.6 Å². The Kier molecular flexibility index (Phi) is 3.72. The van der Waals surface area contributed by atoms with Crippen molar-refractivity contribution < 1.29 is 0 Å². The van der Waals surface area contributed by atoms with E-state index >= 15 is 0 Å². The van der Waals surface area contributed by atoms with Gasteiger partial charge >= 0.3 is 0 Å². The van der Waals surface area contributed by atoms with Crippen molar-refractivity contribution in [2.75, 3.05) is 24.5 Å². The van der Waals surface area contributed by atoms with E-state index in [4.69, 9.17) is 0 Å². The van der Waals surface area contributed by atoms with Crippen LogP contribution in [0.5, 0.6) is 0 Å². The smallest absolute Gasteiger partial charge is 0.0412 e. The van der Waals surface area contributed by atoms with Crippen LogP contribution in [0.1, 0.15) is 32.8 Å². The average Bonchev–Trinajstić information content (AvgIpc) is 2.67. The van der Waals surface area contributed by atoms with E-state index in [1.165, 1.54) is 30.8 Å². The molecule has 0 aromatic heterocycles. The summed E-state index contributed by atoms with van der Waals surface area (Å²) in [5, 5.41) is 3.42. The largest absolute Gasteiger partial charge is 0.371 e. The highest BCUT2D eigenvalue weighted by atomic mass is 15.2. The molecule has 1 N–H and O–H groups in total. The molecule has 0 saturated carbocycles. The van der Waals surface area contributed by atoms with Gasteiger partial charge in [0.2, 0.25) is 0 Å². The number of nitrogens with one attached hydrogen (secondary N) is 1. The zero-order valence-electron chi connectivity index (χ0n) is 11.3. The lowest BCUT2D eigenvalue weighted by Crippen LogP contribution is -2.24. The molecule has 0 radical (unpaired) electrons. The lowest BCUT2D eigenvalue weighted by molar-refractivity contribution is 0.418. The maximum absolute atomic E-state index is 3.42. The molecule has 2 heteroatoms. The third-order valence-electron chi connectivity index (χ3n) is 3.58. The summed E-state index contributed by atoms with van der Waals surface area (Å²) in [6.45, 7) is 11.2. The molecule has 1 fully saturated rings. The molecule has 0 spiro atoms. The van der Waals surface area contributed by atoms with Gasteiger partial charge in [0.25, 0.3) is 0 Å². The molecule has 17 heavy (non-hydrogen) atoms. The topological polar surface area (TPSA) is 15.3 Å². The first kappa shape index (κ1) is 12.4. The van der Waals surface area contributed by atoms with Crippen molar-refractivity contribution in [3.63, 3.8) is 0 Å². The molecule has 2 rings (SSSR count). The zero-order chi connectivity index (χ0) is 12.3. The summed E-state index contributed by atoms with van der Waals surface area (Å²) in [5.41, 5.74) is 3.30. The van der Waals surface area contributed by atoms with Gasteiger partial charge in [0, 0.05) is 25.3 Å². The van der Waals surface area contributed by atoms with E-state index in [1.807, 2.05) is 0 Å². The van der Waals surface area contributed by atoms with Crippen molar-refractivity contribution in [2.24, 2.45) is 5.41 Å². The Morgan fingerprint density at radius 1 is 1.29 bits per heavy atom. The summed E-state index contributed by atoms with van der Waals surface area (Å²) in [4.78, 5) is 2.53. The Balaban J connectivity index is 2.15. The minimum Gasteiger partial charge on any atom is -0.371 e. The second-order valence-corrected chi connectivity index (χ2v) is 5.74. The minimum atomic E-state index is 0.464. The molecular formula is C15H24N2. The van der Waals surface area contributed by atoms with E-state index in [-0.39, 0.29) is 0 Å². The van der Waals surface area contributed by atoms with E-state index in [1.54, 1.807) is 0 Å². The van der Waals surface area contributed by atoms with Crippen molar-refractivity contribution in [3.05, 3.63) is 29.8 Å². The maximum atomic E-state index is 3.42. The Labute approximate surface area is 105 Å². The van der Waals surface area contributed by atoms with Crippen LogP contribution < -0.4 is 10.2 Å². The fourth-order valence-corrected chi connectivity index (χ4v) is 2.55. The molecule has 1 saturated heterocycles. The number of anilines is 1. The first-order chi connectivity index (χ1) is 8.12. The highest BCUT2D eigenvalue weighted by molar-refractivity contribution is 5.54. The van der Waals surface area contributed by atoms with Crippen molar-refractivity contribution in [1.29, 1.82) is 0 Å². The summed E-state index contributed by atoms with van der Waals surface area (Å²) in [7, 11) is 0. The number of para-hydroxylation sites is 1. The summed E-state index contributed by atoms with van der Waals surface area (Å²) < 4.78 is 0. The Morgan fingerprint density at radius 2 is 2.06 bits per heavy atom. The lowest BCUT2D eigenvalue weighted by Gasteiger charge is -2.24. The standard InChI is InChI=1S/C15H24N2/c1-4-16-11-13-7-5-6-8-14(13)17-10-9-15(2,3)12-17/h5-8,16H,4,9-12H2,1-3H3. The predicted octanol–water partition coefficient (Wildman–Crippen LogP) is 3.03. The van der Waals surface area contributed by atoms with Crippen molar-refractivity contribution in [2.45, 2.75) is 33.7 Å². The van der Waals surface area contributed by atoms with E-state index < -0.39 is 0 Å². The molecule has 0 atom stereocenters. The average molecular weight is 232 g/mol. The van der Waals surface area contributed by atoms with Gasteiger partial charge in [-0.2, -0.15) is 0 Å². The molecule has 1 aliphatic heterocycles. The normalized spacial score (nSPS) is 18.6. The molecule has 0 unspecified atom stereocenters. The summed E-state index contributed by atoms with van der Waals surface area (Å²) in [5.74, 6) is 0. The van der Waals surface area contributed by atoms with E-state index in [0.717, 1.165) is 13.1 Å². The lowest BCUT2D eigenvalue weighted by atomic mass is 9.93. The minimum absolute atomic E-state index is 0.464. The quantitative estimate of drug-likeness (QED) is 0.858. The SMILES string of the molecule is CCNCc1ccccc1N1CCC(C)(C)C1. The molecule has 0 amide bonds. The third-order valence-corrected chi connectivity index (χ3v) is 3.58. The van der Waals surface area contributed by atoms with Crippen LogP contribution in [0.2, 0.25) is 0 Å². The van der Waals surface area contributed by atoms with Crippen LogP contribution in [0.3, 0.4) is 0 Å². The summed E-state index contributed by atoms with van der Waals surface area (Å²) >= 11 is 0. The highest BCUT2D eigenvalue weighted by Crippen LogP contribution is 2.33. The summed E-state index contributed by atoms with van der Waals surface area (Å²) in [6.07, 6.45) is 1.29. The van der Waals surface area contributed by atoms with Crippen molar-refractivity contribution in [1.82, 2.24) is 5.32 Å². The second kappa shape index (κ2) is 5.09. The molecule has 2 nitrogen and oxygen atoms in total. The molecule has 1 heterocycles. The maximum Gasteiger partial charge on any atom is 0.0412 e.